The fourth-order valence-corrected chi connectivity index (χ4v) is 3.93. The van der Waals surface area contributed by atoms with E-state index in [4.69, 9.17) is 0 Å². The van der Waals surface area contributed by atoms with Crippen LogP contribution < -0.4 is 5.32 Å². The van der Waals surface area contributed by atoms with Gasteiger partial charge in [-0.05, 0) is 48.7 Å². The Bertz CT molecular complexity index is 622. The summed E-state index contributed by atoms with van der Waals surface area (Å²) in [5, 5.41) is 5.23. The molecule has 2 rings (SSSR count). The van der Waals surface area contributed by atoms with Gasteiger partial charge in [-0.15, -0.1) is 11.3 Å². The molecule has 1 N–H and O–H groups in total. The molecule has 3 nitrogen and oxygen atoms in total. The molecule has 0 aliphatic rings. The Morgan fingerprint density at radius 1 is 1.10 bits per heavy atom. The quantitative estimate of drug-likeness (QED) is 0.758. The second-order valence-corrected chi connectivity index (χ2v) is 8.41. The van der Waals surface area contributed by atoms with Crippen molar-refractivity contribution in [2.45, 2.75) is 11.3 Å². The molecule has 0 atom stereocenters. The molecule has 0 spiro atoms. The van der Waals surface area contributed by atoms with Gasteiger partial charge in [0, 0.05) is 15.9 Å². The first-order valence-electron chi connectivity index (χ1n) is 6.29. The third kappa shape index (κ3) is 4.70. The van der Waals surface area contributed by atoms with Gasteiger partial charge in [-0.25, -0.2) is 8.42 Å². The second-order valence-electron chi connectivity index (χ2n) is 4.35. The molecule has 0 fully saturated rings. The van der Waals surface area contributed by atoms with Gasteiger partial charge in [-0.1, -0.05) is 22.0 Å². The largest absolute Gasteiger partial charge is 0.315 e. The van der Waals surface area contributed by atoms with Crippen LogP contribution in [0.5, 0.6) is 0 Å². The summed E-state index contributed by atoms with van der Waals surface area (Å²) < 4.78 is 25.0. The van der Waals surface area contributed by atoms with E-state index in [1.54, 1.807) is 35.6 Å². The lowest BCUT2D eigenvalue weighted by Gasteiger charge is -2.06. The highest BCUT2D eigenvalue weighted by Gasteiger charge is 2.13. The lowest BCUT2D eigenvalue weighted by molar-refractivity contribution is 0.591. The number of thiophene rings is 1. The fourth-order valence-electron chi connectivity index (χ4n) is 1.76. The monoisotopic (exact) mass is 373 g/mol. The molecule has 1 heterocycles. The van der Waals surface area contributed by atoms with Gasteiger partial charge in [0.2, 0.25) is 0 Å². The van der Waals surface area contributed by atoms with E-state index in [9.17, 15) is 8.42 Å². The zero-order chi connectivity index (χ0) is 14.4. The first-order valence-corrected chi connectivity index (χ1v) is 9.62. The minimum absolute atomic E-state index is 0.124. The predicted molar refractivity (Wildman–Crippen MR) is 87.1 cm³/mol. The third-order valence-corrected chi connectivity index (χ3v) is 6.05. The summed E-state index contributed by atoms with van der Waals surface area (Å²) in [6.45, 7) is 1.28. The van der Waals surface area contributed by atoms with Gasteiger partial charge in [0.25, 0.3) is 0 Å². The highest BCUT2D eigenvalue weighted by Crippen LogP contribution is 2.15. The average Bonchev–Trinajstić information content (AvgIpc) is 2.92. The van der Waals surface area contributed by atoms with Crippen LogP contribution in [0.1, 0.15) is 4.88 Å². The Morgan fingerprint density at radius 2 is 1.85 bits per heavy atom. The SMILES string of the molecule is O=S(=O)(CCNCCc1cccs1)c1ccc(Br)cc1. The maximum absolute atomic E-state index is 12.1. The number of halogens is 1. The van der Waals surface area contributed by atoms with Crippen molar-refractivity contribution in [2.75, 3.05) is 18.8 Å². The number of nitrogens with one attached hydrogen (secondary N) is 1. The average molecular weight is 374 g/mol. The highest BCUT2D eigenvalue weighted by molar-refractivity contribution is 9.10. The number of rotatable bonds is 7. The maximum atomic E-state index is 12.1. The molecule has 0 saturated carbocycles. The van der Waals surface area contributed by atoms with Gasteiger partial charge in [-0.3, -0.25) is 0 Å². The Morgan fingerprint density at radius 3 is 2.50 bits per heavy atom. The van der Waals surface area contributed by atoms with E-state index in [1.165, 1.54) is 4.88 Å². The molecule has 0 saturated heterocycles. The first-order chi connectivity index (χ1) is 9.58. The summed E-state index contributed by atoms with van der Waals surface area (Å²) in [4.78, 5) is 1.69. The molecule has 0 bridgehead atoms. The van der Waals surface area contributed by atoms with E-state index in [-0.39, 0.29) is 5.75 Å². The van der Waals surface area contributed by atoms with Crippen molar-refractivity contribution in [1.82, 2.24) is 5.32 Å². The Kier molecular flexibility index (Phi) is 5.77. The maximum Gasteiger partial charge on any atom is 0.179 e. The van der Waals surface area contributed by atoms with Gasteiger partial charge >= 0.3 is 0 Å². The van der Waals surface area contributed by atoms with Crippen LogP contribution in [0.3, 0.4) is 0 Å². The standard InChI is InChI=1S/C14H16BrNO2S2/c15-12-3-5-14(6-4-12)20(17,18)11-9-16-8-7-13-2-1-10-19-13/h1-6,10,16H,7-9,11H2. The van der Waals surface area contributed by atoms with E-state index in [1.807, 2.05) is 11.4 Å². The number of sulfone groups is 1. The molecule has 1 aromatic heterocycles. The zero-order valence-electron chi connectivity index (χ0n) is 10.9. The Hall–Kier alpha value is -0.690. The summed E-state index contributed by atoms with van der Waals surface area (Å²) in [5.74, 6) is 0.124. The van der Waals surface area contributed by atoms with Crippen molar-refractivity contribution in [2.24, 2.45) is 0 Å². The summed E-state index contributed by atoms with van der Waals surface area (Å²) in [5.41, 5.74) is 0. The van der Waals surface area contributed by atoms with Crippen molar-refractivity contribution in [3.63, 3.8) is 0 Å². The van der Waals surface area contributed by atoms with Crippen molar-refractivity contribution < 1.29 is 8.42 Å². The predicted octanol–water partition coefficient (Wildman–Crippen LogP) is 3.12. The topological polar surface area (TPSA) is 46.2 Å². The molecule has 6 heteroatoms. The molecule has 0 aliphatic heterocycles. The smallest absolute Gasteiger partial charge is 0.179 e. The fraction of sp³-hybridized carbons (Fsp3) is 0.286. The summed E-state index contributed by atoms with van der Waals surface area (Å²) >= 11 is 5.02. The molecule has 0 radical (unpaired) electrons. The van der Waals surface area contributed by atoms with Crippen LogP contribution in [0.15, 0.2) is 51.1 Å². The summed E-state index contributed by atoms with van der Waals surface area (Å²) in [6, 6.07) is 10.9. The van der Waals surface area contributed by atoms with Crippen LogP contribution in [0.25, 0.3) is 0 Å². The Labute approximate surface area is 132 Å². The third-order valence-electron chi connectivity index (χ3n) is 2.85. The summed E-state index contributed by atoms with van der Waals surface area (Å²) in [7, 11) is -3.19. The lowest BCUT2D eigenvalue weighted by atomic mass is 10.3. The van der Waals surface area contributed by atoms with Gasteiger partial charge in [0.05, 0.1) is 10.6 Å². The van der Waals surface area contributed by atoms with E-state index < -0.39 is 9.84 Å². The van der Waals surface area contributed by atoms with Gasteiger partial charge in [0.1, 0.15) is 0 Å². The van der Waals surface area contributed by atoms with Crippen molar-refractivity contribution in [1.29, 1.82) is 0 Å². The van der Waals surface area contributed by atoms with Crippen LogP contribution in [-0.2, 0) is 16.3 Å². The highest BCUT2D eigenvalue weighted by atomic mass is 79.9. The van der Waals surface area contributed by atoms with E-state index in [0.29, 0.717) is 11.4 Å². The number of hydrogen-bond acceptors (Lipinski definition) is 4. The van der Waals surface area contributed by atoms with Gasteiger partial charge in [0.15, 0.2) is 9.84 Å². The molecule has 108 valence electrons. The zero-order valence-corrected chi connectivity index (χ0v) is 14.1. The molecule has 2 aromatic rings. The molecule has 1 aromatic carbocycles. The minimum atomic E-state index is -3.19. The molecular formula is C14H16BrNO2S2. The van der Waals surface area contributed by atoms with Crippen molar-refractivity contribution >= 4 is 37.1 Å². The van der Waals surface area contributed by atoms with Crippen LogP contribution in [0.2, 0.25) is 0 Å². The van der Waals surface area contributed by atoms with Gasteiger partial charge < -0.3 is 5.32 Å². The molecule has 0 aliphatic carbocycles. The van der Waals surface area contributed by atoms with E-state index in [2.05, 4.69) is 27.3 Å². The van der Waals surface area contributed by atoms with Crippen LogP contribution in [-0.4, -0.2) is 27.3 Å². The van der Waals surface area contributed by atoms with Crippen molar-refractivity contribution in [3.8, 4) is 0 Å². The van der Waals surface area contributed by atoms with Gasteiger partial charge in [-0.2, -0.15) is 0 Å². The lowest BCUT2D eigenvalue weighted by Crippen LogP contribution is -2.24. The first kappa shape index (κ1) is 15.7. The molecule has 0 amide bonds. The number of hydrogen-bond donors (Lipinski definition) is 1. The normalized spacial score (nSPS) is 11.7. The van der Waals surface area contributed by atoms with E-state index >= 15 is 0 Å². The second kappa shape index (κ2) is 7.36. The molecule has 20 heavy (non-hydrogen) atoms. The van der Waals surface area contributed by atoms with Crippen molar-refractivity contribution in [3.05, 3.63) is 51.1 Å². The van der Waals surface area contributed by atoms with Crippen LogP contribution in [0.4, 0.5) is 0 Å². The van der Waals surface area contributed by atoms with Crippen LogP contribution >= 0.6 is 27.3 Å². The van der Waals surface area contributed by atoms with Crippen LogP contribution in [0, 0.1) is 0 Å². The molecule has 0 unspecified atom stereocenters. The van der Waals surface area contributed by atoms with E-state index in [0.717, 1.165) is 17.4 Å². The molecular weight excluding hydrogens is 358 g/mol. The summed E-state index contributed by atoms with van der Waals surface area (Å²) in [6.07, 6.45) is 0.940. The minimum Gasteiger partial charge on any atom is -0.315 e. The Balaban J connectivity index is 1.76. The number of benzene rings is 1.